The monoisotopic (exact) mass is 483 g/mol. The molecule has 1 saturated heterocycles. The number of sulfonamides is 1. The van der Waals surface area contributed by atoms with E-state index in [2.05, 4.69) is 28.5 Å². The van der Waals surface area contributed by atoms with Crippen molar-refractivity contribution in [3.8, 4) is 11.3 Å². The molecule has 0 bridgehead atoms. The summed E-state index contributed by atoms with van der Waals surface area (Å²) in [6, 6.07) is 17.6. The highest BCUT2D eigenvalue weighted by molar-refractivity contribution is 7.91. The fourth-order valence-electron chi connectivity index (χ4n) is 4.01. The van der Waals surface area contributed by atoms with Gasteiger partial charge in [-0.2, -0.15) is 4.31 Å². The second kappa shape index (κ2) is 8.74. The maximum absolute atomic E-state index is 12.8. The van der Waals surface area contributed by atoms with Crippen LogP contribution in [0.3, 0.4) is 0 Å². The van der Waals surface area contributed by atoms with E-state index < -0.39 is 10.0 Å². The van der Waals surface area contributed by atoms with E-state index in [9.17, 15) is 13.2 Å². The molecule has 1 aliphatic heterocycles. The summed E-state index contributed by atoms with van der Waals surface area (Å²) in [7, 11) is -3.46. The number of benzene rings is 2. The van der Waals surface area contributed by atoms with Gasteiger partial charge in [0.25, 0.3) is 10.0 Å². The first-order valence-electron chi connectivity index (χ1n) is 10.3. The van der Waals surface area contributed by atoms with E-state index in [0.717, 1.165) is 22.0 Å². The van der Waals surface area contributed by atoms with Gasteiger partial charge in [-0.1, -0.05) is 48.5 Å². The second-order valence-corrected chi connectivity index (χ2v) is 11.6. The Kier molecular flexibility index (Phi) is 5.81. The average molecular weight is 484 g/mol. The summed E-state index contributed by atoms with van der Waals surface area (Å²) in [4.78, 5) is 17.4. The molecule has 0 saturated carbocycles. The van der Waals surface area contributed by atoms with Gasteiger partial charge in [0.15, 0.2) is 5.13 Å². The molecule has 4 aromatic rings. The third-order valence-corrected chi connectivity index (χ3v) is 9.74. The second-order valence-electron chi connectivity index (χ2n) is 7.66. The number of aromatic nitrogens is 1. The van der Waals surface area contributed by atoms with Crippen LogP contribution in [0.4, 0.5) is 5.13 Å². The number of anilines is 1. The van der Waals surface area contributed by atoms with E-state index in [-0.39, 0.29) is 11.8 Å². The summed E-state index contributed by atoms with van der Waals surface area (Å²) in [5.41, 5.74) is 1.87. The molecule has 1 fully saturated rings. The Bertz CT molecular complexity index is 1350. The van der Waals surface area contributed by atoms with Gasteiger partial charge in [-0.25, -0.2) is 13.4 Å². The molecule has 9 heteroatoms. The molecule has 0 unspecified atom stereocenters. The lowest BCUT2D eigenvalue weighted by atomic mass is 9.97. The number of hydrogen-bond acceptors (Lipinski definition) is 6. The van der Waals surface area contributed by atoms with Crippen molar-refractivity contribution in [3.05, 3.63) is 65.4 Å². The number of nitrogens with one attached hydrogen (secondary N) is 1. The van der Waals surface area contributed by atoms with Gasteiger partial charge in [-0.05, 0) is 35.1 Å². The van der Waals surface area contributed by atoms with Gasteiger partial charge in [0.2, 0.25) is 5.91 Å². The van der Waals surface area contributed by atoms with Crippen LogP contribution in [-0.2, 0) is 14.8 Å². The van der Waals surface area contributed by atoms with E-state index in [1.165, 1.54) is 27.0 Å². The average Bonchev–Trinajstić information content (AvgIpc) is 3.52. The quantitative estimate of drug-likeness (QED) is 0.430. The Morgan fingerprint density at radius 3 is 2.56 bits per heavy atom. The van der Waals surface area contributed by atoms with E-state index in [1.54, 1.807) is 17.5 Å². The highest BCUT2D eigenvalue weighted by atomic mass is 32.2. The van der Waals surface area contributed by atoms with Crippen molar-refractivity contribution in [1.29, 1.82) is 0 Å². The number of hydrogen-bond donors (Lipinski definition) is 1. The number of rotatable bonds is 5. The first-order valence-corrected chi connectivity index (χ1v) is 13.5. The predicted molar refractivity (Wildman–Crippen MR) is 129 cm³/mol. The number of amides is 1. The topological polar surface area (TPSA) is 79.4 Å². The Morgan fingerprint density at radius 1 is 1.00 bits per heavy atom. The molecule has 3 heterocycles. The maximum atomic E-state index is 12.8. The molecule has 6 nitrogen and oxygen atoms in total. The number of piperidine rings is 1. The van der Waals surface area contributed by atoms with Crippen molar-refractivity contribution in [2.24, 2.45) is 5.92 Å². The Balaban J connectivity index is 1.25. The molecule has 0 aliphatic carbocycles. The molecule has 164 valence electrons. The Hall–Kier alpha value is -2.59. The van der Waals surface area contributed by atoms with Gasteiger partial charge >= 0.3 is 0 Å². The number of thiophene rings is 1. The van der Waals surface area contributed by atoms with Crippen LogP contribution in [0.1, 0.15) is 12.8 Å². The fraction of sp³-hybridized carbons (Fsp3) is 0.217. The minimum absolute atomic E-state index is 0.100. The van der Waals surface area contributed by atoms with Gasteiger partial charge in [-0.3, -0.25) is 4.79 Å². The van der Waals surface area contributed by atoms with Crippen LogP contribution in [0.2, 0.25) is 0 Å². The van der Waals surface area contributed by atoms with E-state index >= 15 is 0 Å². The molecular weight excluding hydrogens is 462 g/mol. The van der Waals surface area contributed by atoms with Gasteiger partial charge in [-0.15, -0.1) is 22.7 Å². The van der Waals surface area contributed by atoms with Gasteiger partial charge < -0.3 is 5.32 Å². The first-order chi connectivity index (χ1) is 15.5. The zero-order valence-corrected chi connectivity index (χ0v) is 19.6. The smallest absolute Gasteiger partial charge is 0.252 e. The number of carbonyl (C=O) groups is 1. The SMILES string of the molecule is O=C(Nc1nc(-c2cccc3ccccc23)cs1)C1CCN(S(=O)(=O)c2cccs2)CC1. The molecule has 5 rings (SSSR count). The maximum Gasteiger partial charge on any atom is 0.252 e. The summed E-state index contributed by atoms with van der Waals surface area (Å²) < 4.78 is 27.2. The molecule has 0 atom stereocenters. The van der Waals surface area contributed by atoms with Crippen molar-refractivity contribution >= 4 is 54.5 Å². The zero-order chi connectivity index (χ0) is 22.1. The molecule has 1 amide bonds. The minimum atomic E-state index is -3.46. The lowest BCUT2D eigenvalue weighted by Gasteiger charge is -2.29. The van der Waals surface area contributed by atoms with Crippen molar-refractivity contribution in [1.82, 2.24) is 9.29 Å². The Morgan fingerprint density at radius 2 is 1.78 bits per heavy atom. The van der Waals surface area contributed by atoms with Crippen LogP contribution in [0.15, 0.2) is 69.6 Å². The molecule has 1 N–H and O–H groups in total. The normalized spacial score (nSPS) is 15.8. The van der Waals surface area contributed by atoms with Crippen LogP contribution in [-0.4, -0.2) is 36.7 Å². The highest BCUT2D eigenvalue weighted by Crippen LogP contribution is 2.32. The zero-order valence-electron chi connectivity index (χ0n) is 17.1. The van der Waals surface area contributed by atoms with Crippen LogP contribution < -0.4 is 5.32 Å². The van der Waals surface area contributed by atoms with E-state index in [0.29, 0.717) is 35.3 Å². The van der Waals surface area contributed by atoms with Crippen LogP contribution in [0, 0.1) is 5.92 Å². The summed E-state index contributed by atoms with van der Waals surface area (Å²) in [6.07, 6.45) is 0.996. The van der Waals surface area contributed by atoms with Gasteiger partial charge in [0.1, 0.15) is 4.21 Å². The lowest BCUT2D eigenvalue weighted by Crippen LogP contribution is -2.41. The minimum Gasteiger partial charge on any atom is -0.302 e. The van der Waals surface area contributed by atoms with Crippen molar-refractivity contribution in [3.63, 3.8) is 0 Å². The lowest BCUT2D eigenvalue weighted by molar-refractivity contribution is -0.120. The van der Waals surface area contributed by atoms with Crippen molar-refractivity contribution in [2.75, 3.05) is 18.4 Å². The van der Waals surface area contributed by atoms with E-state index in [4.69, 9.17) is 0 Å². The fourth-order valence-corrected chi connectivity index (χ4v) is 7.33. The third-order valence-electron chi connectivity index (χ3n) is 5.71. The third kappa shape index (κ3) is 4.09. The van der Waals surface area contributed by atoms with Crippen LogP contribution >= 0.6 is 22.7 Å². The van der Waals surface area contributed by atoms with Crippen LogP contribution in [0.25, 0.3) is 22.0 Å². The molecule has 2 aromatic heterocycles. The molecular formula is C23H21N3O3S3. The number of nitrogens with zero attached hydrogens (tertiary/aromatic N) is 2. The highest BCUT2D eigenvalue weighted by Gasteiger charge is 2.32. The van der Waals surface area contributed by atoms with Crippen LogP contribution in [0.5, 0.6) is 0 Å². The first kappa shape index (κ1) is 21.3. The molecule has 2 aromatic carbocycles. The van der Waals surface area contributed by atoms with Crippen molar-refractivity contribution in [2.45, 2.75) is 17.1 Å². The summed E-state index contributed by atoms with van der Waals surface area (Å²) in [5.74, 6) is -0.327. The Labute approximate surface area is 194 Å². The largest absolute Gasteiger partial charge is 0.302 e. The van der Waals surface area contributed by atoms with Gasteiger partial charge in [0, 0.05) is 30.0 Å². The molecule has 0 radical (unpaired) electrons. The van der Waals surface area contributed by atoms with Gasteiger partial charge in [0.05, 0.1) is 5.69 Å². The summed E-state index contributed by atoms with van der Waals surface area (Å²) in [6.45, 7) is 0.689. The summed E-state index contributed by atoms with van der Waals surface area (Å²) >= 11 is 2.62. The molecule has 32 heavy (non-hydrogen) atoms. The molecule has 1 aliphatic rings. The summed E-state index contributed by atoms with van der Waals surface area (Å²) in [5, 5.41) is 9.47. The van der Waals surface area contributed by atoms with E-state index in [1.807, 2.05) is 29.6 Å². The number of carbonyl (C=O) groups excluding carboxylic acids is 1. The standard InChI is InChI=1S/C23H21N3O3S3/c27-22(17-10-12-26(13-11-17)32(28,29)21-9-4-14-30-21)25-23-24-20(15-31-23)19-8-3-6-16-5-1-2-7-18(16)19/h1-9,14-15,17H,10-13H2,(H,24,25,27). The van der Waals surface area contributed by atoms with Crippen molar-refractivity contribution < 1.29 is 13.2 Å². The number of thiazole rings is 1. The number of fused-ring (bicyclic) bond motifs is 1. The molecule has 0 spiro atoms. The predicted octanol–water partition coefficient (Wildman–Crippen LogP) is 5.06.